The van der Waals surface area contributed by atoms with Gasteiger partial charge in [0.15, 0.2) is 0 Å². The van der Waals surface area contributed by atoms with Crippen LogP contribution in [0.1, 0.15) is 65.2 Å². The maximum atomic E-state index is 12.6. The summed E-state index contributed by atoms with van der Waals surface area (Å²) in [5.74, 6) is 0.851. The summed E-state index contributed by atoms with van der Waals surface area (Å²) >= 11 is 0. The Morgan fingerprint density at radius 1 is 1.08 bits per heavy atom. The summed E-state index contributed by atoms with van der Waals surface area (Å²) < 4.78 is 0. The monoisotopic (exact) mass is 338 g/mol. The lowest BCUT2D eigenvalue weighted by atomic mass is 9.82. The van der Waals surface area contributed by atoms with Crippen LogP contribution in [0.3, 0.4) is 0 Å². The zero-order valence-corrected chi connectivity index (χ0v) is 15.3. The van der Waals surface area contributed by atoms with Gasteiger partial charge in [-0.2, -0.15) is 0 Å². The molecule has 0 bridgehead atoms. The van der Waals surface area contributed by atoms with E-state index in [-0.39, 0.29) is 36.3 Å². The molecule has 1 heterocycles. The molecule has 5 heteroatoms. The quantitative estimate of drug-likeness (QED) is 0.781. The second-order valence-corrected chi connectivity index (χ2v) is 7.78. The van der Waals surface area contributed by atoms with E-state index in [1.54, 1.807) is 0 Å². The smallest absolute Gasteiger partial charge is 0.225 e. The molecule has 138 valence electrons. The van der Waals surface area contributed by atoms with E-state index in [0.29, 0.717) is 25.4 Å². The molecule has 0 spiro atoms. The van der Waals surface area contributed by atoms with Crippen molar-refractivity contribution in [2.45, 2.75) is 71.3 Å². The molecule has 2 N–H and O–H groups in total. The van der Waals surface area contributed by atoms with Crippen molar-refractivity contribution in [2.24, 2.45) is 17.8 Å². The molecule has 0 aromatic carbocycles. The molecule has 0 radical (unpaired) electrons. The van der Waals surface area contributed by atoms with Gasteiger partial charge in [-0.3, -0.25) is 9.59 Å². The van der Waals surface area contributed by atoms with Gasteiger partial charge in [-0.15, -0.1) is 0 Å². The fourth-order valence-corrected chi connectivity index (χ4v) is 4.13. The van der Waals surface area contributed by atoms with Crippen molar-refractivity contribution in [3.05, 3.63) is 0 Å². The highest BCUT2D eigenvalue weighted by molar-refractivity contribution is 5.81. The van der Waals surface area contributed by atoms with Gasteiger partial charge in [0.2, 0.25) is 11.8 Å². The molecule has 2 rings (SSSR count). The van der Waals surface area contributed by atoms with E-state index in [4.69, 9.17) is 0 Å². The van der Waals surface area contributed by atoms with Gasteiger partial charge in [0.25, 0.3) is 0 Å². The summed E-state index contributed by atoms with van der Waals surface area (Å²) in [4.78, 5) is 26.6. The van der Waals surface area contributed by atoms with Crippen LogP contribution < -0.4 is 5.32 Å². The minimum atomic E-state index is 0.00555. The highest BCUT2D eigenvalue weighted by Gasteiger charge is 2.31. The van der Waals surface area contributed by atoms with Crippen molar-refractivity contribution in [1.82, 2.24) is 10.2 Å². The van der Waals surface area contributed by atoms with Crippen LogP contribution in [0.2, 0.25) is 0 Å². The normalized spacial score (nSPS) is 21.8. The first kappa shape index (κ1) is 19.2. The average Bonchev–Trinajstić information content (AvgIpc) is 2.61. The summed E-state index contributed by atoms with van der Waals surface area (Å²) in [6.07, 6.45) is 8.23. The van der Waals surface area contributed by atoms with Gasteiger partial charge in [0, 0.05) is 37.6 Å². The fourth-order valence-electron chi connectivity index (χ4n) is 4.13. The second kappa shape index (κ2) is 9.40. The number of aliphatic hydroxyl groups excluding tert-OH is 1. The fraction of sp³-hybridized carbons (Fsp3) is 0.895. The maximum Gasteiger partial charge on any atom is 0.225 e. The molecule has 1 saturated carbocycles. The van der Waals surface area contributed by atoms with Gasteiger partial charge in [0.1, 0.15) is 0 Å². The van der Waals surface area contributed by atoms with Crippen molar-refractivity contribution in [2.75, 3.05) is 19.7 Å². The van der Waals surface area contributed by atoms with Crippen LogP contribution in [-0.4, -0.2) is 47.6 Å². The average molecular weight is 338 g/mol. The number of rotatable bonds is 6. The molecule has 2 fully saturated rings. The first-order valence-electron chi connectivity index (χ1n) is 9.73. The van der Waals surface area contributed by atoms with E-state index in [1.807, 2.05) is 18.7 Å². The molecule has 1 atom stereocenters. The molecule has 1 aliphatic heterocycles. The van der Waals surface area contributed by atoms with Crippen LogP contribution in [0.25, 0.3) is 0 Å². The molecule has 0 aromatic heterocycles. The minimum Gasteiger partial charge on any atom is -0.396 e. The van der Waals surface area contributed by atoms with E-state index in [0.717, 1.165) is 25.7 Å². The van der Waals surface area contributed by atoms with Gasteiger partial charge in [0.05, 0.1) is 0 Å². The van der Waals surface area contributed by atoms with Crippen LogP contribution >= 0.6 is 0 Å². The zero-order chi connectivity index (χ0) is 17.5. The number of carbonyl (C=O) groups excluding carboxylic acids is 2. The number of carbonyl (C=O) groups is 2. The predicted octanol–water partition coefficient (Wildman–Crippen LogP) is 2.33. The number of nitrogens with zero attached hydrogens (tertiary/aromatic N) is 1. The van der Waals surface area contributed by atoms with Gasteiger partial charge in [-0.05, 0) is 38.0 Å². The maximum absolute atomic E-state index is 12.6. The van der Waals surface area contributed by atoms with E-state index < -0.39 is 0 Å². The minimum absolute atomic E-state index is 0.00555. The lowest BCUT2D eigenvalue weighted by molar-refractivity contribution is -0.138. The van der Waals surface area contributed by atoms with E-state index in [1.165, 1.54) is 19.3 Å². The number of nitrogens with one attached hydrogen (secondary N) is 1. The Balaban J connectivity index is 1.83. The molecule has 2 amide bonds. The number of hydrogen-bond donors (Lipinski definition) is 2. The third-order valence-electron chi connectivity index (χ3n) is 5.66. The van der Waals surface area contributed by atoms with E-state index in [9.17, 15) is 14.7 Å². The second-order valence-electron chi connectivity index (χ2n) is 7.78. The first-order chi connectivity index (χ1) is 11.5. The summed E-state index contributed by atoms with van der Waals surface area (Å²) in [5, 5.41) is 12.6. The molecule has 1 saturated heterocycles. The van der Waals surface area contributed by atoms with E-state index in [2.05, 4.69) is 5.32 Å². The largest absolute Gasteiger partial charge is 0.396 e. The predicted molar refractivity (Wildman–Crippen MR) is 94.4 cm³/mol. The van der Waals surface area contributed by atoms with Crippen LogP contribution in [0.5, 0.6) is 0 Å². The Hall–Kier alpha value is -1.10. The molecule has 1 unspecified atom stereocenters. The van der Waals surface area contributed by atoms with Gasteiger partial charge in [-0.25, -0.2) is 0 Å². The molecule has 24 heavy (non-hydrogen) atoms. The summed E-state index contributed by atoms with van der Waals surface area (Å²) in [5.41, 5.74) is 0. The third-order valence-corrected chi connectivity index (χ3v) is 5.66. The number of hydrogen-bond acceptors (Lipinski definition) is 3. The van der Waals surface area contributed by atoms with Crippen LogP contribution in [0.15, 0.2) is 0 Å². The van der Waals surface area contributed by atoms with Crippen molar-refractivity contribution in [3.63, 3.8) is 0 Å². The SMILES string of the molecule is CC(C)C(=O)N1CCC(C(=O)NC(CCO)C2CCCCC2)CC1. The molecular weight excluding hydrogens is 304 g/mol. The highest BCUT2D eigenvalue weighted by Crippen LogP contribution is 2.28. The summed E-state index contributed by atoms with van der Waals surface area (Å²) in [6, 6.07) is 0.109. The third kappa shape index (κ3) is 5.20. The molecule has 5 nitrogen and oxygen atoms in total. The zero-order valence-electron chi connectivity index (χ0n) is 15.3. The Kier molecular flexibility index (Phi) is 7.53. The number of piperidine rings is 1. The van der Waals surface area contributed by atoms with Crippen molar-refractivity contribution >= 4 is 11.8 Å². The summed E-state index contributed by atoms with van der Waals surface area (Å²) in [6.45, 7) is 5.34. The highest BCUT2D eigenvalue weighted by atomic mass is 16.3. The lowest BCUT2D eigenvalue weighted by Gasteiger charge is -2.35. The van der Waals surface area contributed by atoms with Gasteiger partial charge >= 0.3 is 0 Å². The van der Waals surface area contributed by atoms with Crippen LogP contribution in [0.4, 0.5) is 0 Å². The number of amides is 2. The van der Waals surface area contributed by atoms with Crippen LogP contribution in [-0.2, 0) is 9.59 Å². The summed E-state index contributed by atoms with van der Waals surface area (Å²) in [7, 11) is 0. The van der Waals surface area contributed by atoms with E-state index >= 15 is 0 Å². The topological polar surface area (TPSA) is 69.6 Å². The lowest BCUT2D eigenvalue weighted by Crippen LogP contribution is -2.48. The Morgan fingerprint density at radius 3 is 2.25 bits per heavy atom. The molecule has 0 aromatic rings. The standard InChI is InChI=1S/C19H34N2O3/c1-14(2)19(24)21-11-8-16(9-12-21)18(23)20-17(10-13-22)15-6-4-3-5-7-15/h14-17,22H,3-13H2,1-2H3,(H,20,23). The Bertz CT molecular complexity index is 411. The molecule has 2 aliphatic rings. The molecular formula is C19H34N2O3. The number of aliphatic hydroxyl groups is 1. The number of likely N-dealkylation sites (tertiary alicyclic amines) is 1. The Labute approximate surface area is 146 Å². The van der Waals surface area contributed by atoms with Crippen molar-refractivity contribution < 1.29 is 14.7 Å². The Morgan fingerprint density at radius 2 is 1.71 bits per heavy atom. The first-order valence-corrected chi connectivity index (χ1v) is 9.73. The van der Waals surface area contributed by atoms with Crippen LogP contribution in [0, 0.1) is 17.8 Å². The van der Waals surface area contributed by atoms with Gasteiger partial charge in [-0.1, -0.05) is 33.1 Å². The van der Waals surface area contributed by atoms with Crippen molar-refractivity contribution in [1.29, 1.82) is 0 Å². The van der Waals surface area contributed by atoms with Crippen molar-refractivity contribution in [3.8, 4) is 0 Å². The van der Waals surface area contributed by atoms with Gasteiger partial charge < -0.3 is 15.3 Å². The molecule has 1 aliphatic carbocycles.